The van der Waals surface area contributed by atoms with Crippen LogP contribution in [-0.2, 0) is 20.7 Å². The molecule has 3 rings (SSSR count). The fraction of sp³-hybridized carbons (Fsp3) is 0.286. The Balaban J connectivity index is 1.44. The van der Waals surface area contributed by atoms with E-state index in [0.717, 1.165) is 15.2 Å². The van der Waals surface area contributed by atoms with Crippen molar-refractivity contribution in [2.24, 2.45) is 0 Å². The first-order valence-electron chi connectivity index (χ1n) is 9.03. The van der Waals surface area contributed by atoms with E-state index in [1.165, 1.54) is 13.0 Å². The largest absolute Gasteiger partial charge is 0.453 e. The minimum Gasteiger partial charge on any atom is -0.453 e. The Morgan fingerprint density at radius 1 is 1.25 bits per heavy atom. The summed E-state index contributed by atoms with van der Waals surface area (Å²) in [5.41, 5.74) is 1.78. The molecular formula is C21H21FN2O3S. The maximum atomic E-state index is 13.5. The van der Waals surface area contributed by atoms with E-state index in [4.69, 9.17) is 4.74 Å². The number of carbonyl (C=O) groups is 2. The normalized spacial score (nSPS) is 12.0. The Bertz CT molecular complexity index is 969. The molecule has 0 radical (unpaired) electrons. The molecule has 0 saturated heterocycles. The molecule has 1 N–H and O–H groups in total. The summed E-state index contributed by atoms with van der Waals surface area (Å²) in [6.45, 7) is 3.13. The van der Waals surface area contributed by atoms with E-state index in [2.05, 4.69) is 10.3 Å². The molecule has 7 heteroatoms. The number of nitrogens with one attached hydrogen (secondary N) is 1. The minimum atomic E-state index is -0.959. The van der Waals surface area contributed by atoms with Crippen LogP contribution in [0.2, 0.25) is 0 Å². The number of aromatic nitrogens is 1. The summed E-state index contributed by atoms with van der Waals surface area (Å²) in [5, 5.41) is 3.52. The van der Waals surface area contributed by atoms with Crippen LogP contribution in [0.25, 0.3) is 10.2 Å². The molecule has 1 atom stereocenters. The predicted octanol–water partition coefficient (Wildman–Crippen LogP) is 4.64. The van der Waals surface area contributed by atoms with E-state index in [0.29, 0.717) is 24.1 Å². The first-order valence-corrected chi connectivity index (χ1v) is 9.85. The SMILES string of the molecule is Cc1ccc(NC(=O)C(C)OC(=O)CCCc2nc3ccccc3s2)cc1F. The van der Waals surface area contributed by atoms with Gasteiger partial charge in [-0.25, -0.2) is 9.37 Å². The molecule has 3 aromatic rings. The summed E-state index contributed by atoms with van der Waals surface area (Å²) < 4.78 is 19.8. The number of halogens is 1. The second-order valence-electron chi connectivity index (χ2n) is 6.51. The molecule has 0 saturated carbocycles. The highest BCUT2D eigenvalue weighted by molar-refractivity contribution is 7.18. The minimum absolute atomic E-state index is 0.201. The molecule has 1 heterocycles. The van der Waals surface area contributed by atoms with Gasteiger partial charge in [0.05, 0.1) is 15.2 Å². The maximum Gasteiger partial charge on any atom is 0.306 e. The Morgan fingerprint density at radius 3 is 2.79 bits per heavy atom. The molecule has 0 spiro atoms. The molecule has 0 fully saturated rings. The fourth-order valence-electron chi connectivity index (χ4n) is 2.63. The number of esters is 1. The zero-order valence-electron chi connectivity index (χ0n) is 15.7. The van der Waals surface area contributed by atoms with Crippen LogP contribution in [0.4, 0.5) is 10.1 Å². The van der Waals surface area contributed by atoms with Crippen molar-refractivity contribution in [3.63, 3.8) is 0 Å². The number of anilines is 1. The summed E-state index contributed by atoms with van der Waals surface area (Å²) in [6, 6.07) is 12.3. The van der Waals surface area contributed by atoms with Gasteiger partial charge in [-0.05, 0) is 56.5 Å². The average molecular weight is 400 g/mol. The van der Waals surface area contributed by atoms with E-state index in [1.807, 2.05) is 24.3 Å². The quantitative estimate of drug-likeness (QED) is 0.587. The zero-order valence-corrected chi connectivity index (χ0v) is 16.5. The van der Waals surface area contributed by atoms with Crippen molar-refractivity contribution < 1.29 is 18.7 Å². The molecule has 1 aromatic heterocycles. The number of para-hydroxylation sites is 1. The number of rotatable bonds is 7. The topological polar surface area (TPSA) is 68.3 Å². The van der Waals surface area contributed by atoms with Gasteiger partial charge in [0.15, 0.2) is 6.10 Å². The van der Waals surface area contributed by atoms with Gasteiger partial charge in [-0.15, -0.1) is 11.3 Å². The highest BCUT2D eigenvalue weighted by Crippen LogP contribution is 2.22. The average Bonchev–Trinajstić information content (AvgIpc) is 3.07. The van der Waals surface area contributed by atoms with Crippen LogP contribution in [0.5, 0.6) is 0 Å². The molecular weight excluding hydrogens is 379 g/mol. The molecule has 1 amide bonds. The van der Waals surface area contributed by atoms with Crippen molar-refractivity contribution in [1.82, 2.24) is 4.98 Å². The van der Waals surface area contributed by atoms with Gasteiger partial charge in [-0.1, -0.05) is 18.2 Å². The lowest BCUT2D eigenvalue weighted by molar-refractivity contribution is -0.153. The highest BCUT2D eigenvalue weighted by Gasteiger charge is 2.18. The Labute approximate surface area is 166 Å². The Kier molecular flexibility index (Phi) is 6.36. The molecule has 0 bridgehead atoms. The molecule has 28 heavy (non-hydrogen) atoms. The van der Waals surface area contributed by atoms with Crippen LogP contribution < -0.4 is 5.32 Å². The second kappa shape index (κ2) is 8.93. The smallest absolute Gasteiger partial charge is 0.306 e. The molecule has 5 nitrogen and oxygen atoms in total. The molecule has 146 valence electrons. The number of hydrogen-bond acceptors (Lipinski definition) is 5. The monoisotopic (exact) mass is 400 g/mol. The number of fused-ring (bicyclic) bond motifs is 1. The van der Waals surface area contributed by atoms with Crippen LogP contribution in [0.1, 0.15) is 30.3 Å². The molecule has 0 aliphatic rings. The number of benzene rings is 2. The third-order valence-corrected chi connectivity index (χ3v) is 5.32. The van der Waals surface area contributed by atoms with Crippen LogP contribution in [0.3, 0.4) is 0 Å². The number of aryl methyl sites for hydroxylation is 2. The van der Waals surface area contributed by atoms with Gasteiger partial charge in [0.25, 0.3) is 5.91 Å². The molecule has 1 unspecified atom stereocenters. The maximum absolute atomic E-state index is 13.5. The summed E-state index contributed by atoms with van der Waals surface area (Å²) >= 11 is 1.61. The first-order chi connectivity index (χ1) is 13.4. The van der Waals surface area contributed by atoms with Crippen LogP contribution in [0.15, 0.2) is 42.5 Å². The van der Waals surface area contributed by atoms with E-state index >= 15 is 0 Å². The van der Waals surface area contributed by atoms with Crippen molar-refractivity contribution in [3.05, 3.63) is 58.9 Å². The van der Waals surface area contributed by atoms with E-state index in [9.17, 15) is 14.0 Å². The van der Waals surface area contributed by atoms with E-state index < -0.39 is 23.8 Å². The van der Waals surface area contributed by atoms with Gasteiger partial charge in [0.1, 0.15) is 5.82 Å². The van der Waals surface area contributed by atoms with Crippen LogP contribution >= 0.6 is 11.3 Å². The lowest BCUT2D eigenvalue weighted by Gasteiger charge is -2.13. The van der Waals surface area contributed by atoms with Crippen molar-refractivity contribution in [2.75, 3.05) is 5.32 Å². The first kappa shape index (κ1) is 19.9. The van der Waals surface area contributed by atoms with Gasteiger partial charge in [-0.3, -0.25) is 9.59 Å². The van der Waals surface area contributed by atoms with Gasteiger partial charge in [0.2, 0.25) is 0 Å². The van der Waals surface area contributed by atoms with Crippen molar-refractivity contribution in [1.29, 1.82) is 0 Å². The summed E-state index contributed by atoms with van der Waals surface area (Å²) in [6.07, 6.45) is 0.514. The summed E-state index contributed by atoms with van der Waals surface area (Å²) in [7, 11) is 0. The lowest BCUT2D eigenvalue weighted by atomic mass is 10.2. The predicted molar refractivity (Wildman–Crippen MR) is 108 cm³/mol. The number of amides is 1. The second-order valence-corrected chi connectivity index (χ2v) is 7.63. The van der Waals surface area contributed by atoms with Gasteiger partial charge >= 0.3 is 5.97 Å². The summed E-state index contributed by atoms with van der Waals surface area (Å²) in [4.78, 5) is 28.6. The van der Waals surface area contributed by atoms with Crippen molar-refractivity contribution in [3.8, 4) is 0 Å². The lowest BCUT2D eigenvalue weighted by Crippen LogP contribution is -2.30. The van der Waals surface area contributed by atoms with E-state index in [1.54, 1.807) is 30.4 Å². The van der Waals surface area contributed by atoms with Crippen LogP contribution in [-0.4, -0.2) is 23.0 Å². The van der Waals surface area contributed by atoms with Crippen molar-refractivity contribution >= 4 is 39.1 Å². The van der Waals surface area contributed by atoms with Crippen LogP contribution in [0, 0.1) is 12.7 Å². The fourth-order valence-corrected chi connectivity index (χ4v) is 3.64. The molecule has 0 aliphatic carbocycles. The van der Waals surface area contributed by atoms with Gasteiger partial charge in [-0.2, -0.15) is 0 Å². The third-order valence-electron chi connectivity index (χ3n) is 4.23. The van der Waals surface area contributed by atoms with E-state index in [-0.39, 0.29) is 6.42 Å². The molecule has 0 aliphatic heterocycles. The number of ether oxygens (including phenoxy) is 1. The summed E-state index contributed by atoms with van der Waals surface area (Å²) in [5.74, 6) is -1.35. The zero-order chi connectivity index (χ0) is 20.1. The number of nitrogens with zero attached hydrogens (tertiary/aromatic N) is 1. The third kappa shape index (κ3) is 5.13. The van der Waals surface area contributed by atoms with Crippen molar-refractivity contribution in [2.45, 2.75) is 39.2 Å². The number of thiazole rings is 1. The number of carbonyl (C=O) groups excluding carboxylic acids is 2. The standard InChI is InChI=1S/C21H21FN2O3S/c1-13-10-11-15(12-16(13)22)23-21(26)14(2)27-20(25)9-5-8-19-24-17-6-3-4-7-18(17)28-19/h3-4,6-7,10-12,14H,5,8-9H2,1-2H3,(H,23,26). The van der Waals surface area contributed by atoms with Gasteiger partial charge < -0.3 is 10.1 Å². The number of hydrogen-bond donors (Lipinski definition) is 1. The molecule has 2 aromatic carbocycles. The Hall–Kier alpha value is -2.80. The highest BCUT2D eigenvalue weighted by atomic mass is 32.1. The Morgan fingerprint density at radius 2 is 2.04 bits per heavy atom. The van der Waals surface area contributed by atoms with Gasteiger partial charge in [0, 0.05) is 12.1 Å².